The van der Waals surface area contributed by atoms with E-state index in [1.807, 2.05) is 43.0 Å². The Balaban J connectivity index is 1.01. The van der Waals surface area contributed by atoms with Crippen molar-refractivity contribution in [2.75, 3.05) is 26.8 Å². The van der Waals surface area contributed by atoms with Crippen LogP contribution in [0.2, 0.25) is 0 Å². The quantitative estimate of drug-likeness (QED) is 0.186. The van der Waals surface area contributed by atoms with Crippen molar-refractivity contribution >= 4 is 17.9 Å². The molecule has 3 fully saturated rings. The molecule has 2 aromatic carbocycles. The van der Waals surface area contributed by atoms with Gasteiger partial charge in [-0.1, -0.05) is 75.7 Å². The van der Waals surface area contributed by atoms with Gasteiger partial charge in [-0.3, -0.25) is 9.59 Å². The summed E-state index contributed by atoms with van der Waals surface area (Å²) < 4.78 is 10.9. The first kappa shape index (κ1) is 35.4. The van der Waals surface area contributed by atoms with E-state index in [-0.39, 0.29) is 41.8 Å². The van der Waals surface area contributed by atoms with E-state index in [1.165, 1.54) is 7.11 Å². The number of alkyl carbamates (subject to hydrolysis) is 1. The number of aromatic nitrogens is 4. The van der Waals surface area contributed by atoms with Gasteiger partial charge in [0.05, 0.1) is 49.1 Å². The molecule has 0 spiro atoms. The lowest BCUT2D eigenvalue weighted by atomic mass is 10.0. The van der Waals surface area contributed by atoms with Gasteiger partial charge < -0.3 is 34.6 Å². The molecule has 0 radical (unpaired) electrons. The van der Waals surface area contributed by atoms with Crippen molar-refractivity contribution in [1.29, 1.82) is 0 Å². The Hall–Kier alpha value is -4.97. The van der Waals surface area contributed by atoms with Crippen molar-refractivity contribution in [3.8, 4) is 33.6 Å². The minimum atomic E-state index is -0.675. The average molecular weight is 708 g/mol. The minimum absolute atomic E-state index is 0.00866. The number of nitrogens with one attached hydrogen (secondary N) is 3. The molecule has 3 amide bonds. The van der Waals surface area contributed by atoms with Crippen molar-refractivity contribution in [2.24, 2.45) is 11.8 Å². The van der Waals surface area contributed by atoms with Crippen LogP contribution in [-0.4, -0.2) is 86.6 Å². The molecule has 12 nitrogen and oxygen atoms in total. The fourth-order valence-corrected chi connectivity index (χ4v) is 7.81. The van der Waals surface area contributed by atoms with Gasteiger partial charge in [0.1, 0.15) is 17.7 Å². The molecule has 3 saturated heterocycles. The minimum Gasteiger partial charge on any atom is -0.453 e. The molecular weight excluding hydrogens is 658 g/mol. The topological polar surface area (TPSA) is 146 Å². The fourth-order valence-electron chi connectivity index (χ4n) is 7.81. The van der Waals surface area contributed by atoms with Crippen molar-refractivity contribution < 1.29 is 23.9 Å². The van der Waals surface area contributed by atoms with E-state index < -0.39 is 12.1 Å². The molecule has 3 N–H and O–H groups in total. The monoisotopic (exact) mass is 707 g/mol. The maximum absolute atomic E-state index is 13.5. The summed E-state index contributed by atoms with van der Waals surface area (Å²) in [6, 6.07) is 15.8. The number of aromatic amines is 2. The number of likely N-dealkylation sites (tertiary alicyclic amines) is 1. The standard InChI is InChI=1S/C40H49N7O5/c1-24(2)35(45-40(50)51-4)39(49)46-18-7-9-33(46)36-41-21-31(43-36)28-14-10-26(11-15-28)27-12-16-29(17-13-27)32-22-42-37(44-32)34-20-30-23-47(34)38(48)25(3)8-5-6-19-52-30/h10-17,21-22,24-25,30,33-35H,5-9,18-20,23H2,1-4H3,(H,41,43)(H,42,44)(H,45,50)/t25-,30-,33-,34-,35-/m0/s1. The van der Waals surface area contributed by atoms with Gasteiger partial charge in [-0.15, -0.1) is 0 Å². The van der Waals surface area contributed by atoms with E-state index >= 15 is 0 Å². The molecule has 7 rings (SSSR count). The van der Waals surface area contributed by atoms with Gasteiger partial charge in [-0.25, -0.2) is 14.8 Å². The zero-order valence-electron chi connectivity index (χ0n) is 30.4. The number of methoxy groups -OCH3 is 1. The molecule has 2 bridgehead atoms. The van der Waals surface area contributed by atoms with Crippen LogP contribution >= 0.6 is 0 Å². The smallest absolute Gasteiger partial charge is 0.407 e. The van der Waals surface area contributed by atoms with Gasteiger partial charge in [-0.2, -0.15) is 0 Å². The molecule has 3 aliphatic heterocycles. The van der Waals surface area contributed by atoms with Gasteiger partial charge in [0, 0.05) is 32.0 Å². The molecule has 0 aliphatic carbocycles. The summed E-state index contributed by atoms with van der Waals surface area (Å²) >= 11 is 0. The summed E-state index contributed by atoms with van der Waals surface area (Å²) in [6.45, 7) is 7.83. The number of amides is 3. The van der Waals surface area contributed by atoms with Crippen molar-refractivity contribution in [2.45, 2.75) is 83.5 Å². The third-order valence-corrected chi connectivity index (χ3v) is 10.8. The van der Waals surface area contributed by atoms with Crippen LogP contribution < -0.4 is 5.32 Å². The summed E-state index contributed by atoms with van der Waals surface area (Å²) in [6.07, 6.45) is 8.42. The van der Waals surface area contributed by atoms with Crippen LogP contribution in [0.4, 0.5) is 4.79 Å². The van der Waals surface area contributed by atoms with E-state index in [4.69, 9.17) is 14.5 Å². The summed E-state index contributed by atoms with van der Waals surface area (Å²) in [4.78, 5) is 58.9. The summed E-state index contributed by atoms with van der Waals surface area (Å²) in [7, 11) is 1.30. The second-order valence-electron chi connectivity index (χ2n) is 14.7. The predicted octanol–water partition coefficient (Wildman–Crippen LogP) is 6.66. The number of H-pyrrole nitrogens is 2. The lowest BCUT2D eigenvalue weighted by Crippen LogP contribution is -2.51. The van der Waals surface area contributed by atoms with Crippen LogP contribution in [0.5, 0.6) is 0 Å². The van der Waals surface area contributed by atoms with Crippen molar-refractivity contribution in [3.63, 3.8) is 0 Å². The van der Waals surface area contributed by atoms with E-state index in [0.29, 0.717) is 13.1 Å². The second-order valence-corrected chi connectivity index (χ2v) is 14.7. The average Bonchev–Trinajstić information content (AvgIpc) is 3.99. The van der Waals surface area contributed by atoms with Gasteiger partial charge in [-0.05, 0) is 53.9 Å². The van der Waals surface area contributed by atoms with Crippen LogP contribution in [0.15, 0.2) is 60.9 Å². The Labute approximate surface area is 304 Å². The molecule has 3 aliphatic rings. The number of carbonyl (C=O) groups excluding carboxylic acids is 3. The maximum Gasteiger partial charge on any atom is 0.407 e. The number of nitrogens with zero attached hydrogens (tertiary/aromatic N) is 4. The Bertz CT molecular complexity index is 1870. The van der Waals surface area contributed by atoms with E-state index in [2.05, 4.69) is 68.8 Å². The van der Waals surface area contributed by atoms with Gasteiger partial charge >= 0.3 is 6.09 Å². The molecule has 12 heteroatoms. The molecule has 0 saturated carbocycles. The van der Waals surface area contributed by atoms with Gasteiger partial charge in [0.15, 0.2) is 0 Å². The lowest BCUT2D eigenvalue weighted by Gasteiger charge is -2.30. The van der Waals surface area contributed by atoms with E-state index in [9.17, 15) is 14.4 Å². The summed E-state index contributed by atoms with van der Waals surface area (Å²) in [5, 5.41) is 2.70. The highest BCUT2D eigenvalue weighted by Gasteiger charge is 2.40. The van der Waals surface area contributed by atoms with Crippen molar-refractivity contribution in [1.82, 2.24) is 35.1 Å². The van der Waals surface area contributed by atoms with Gasteiger partial charge in [0.25, 0.3) is 0 Å². The molecule has 4 aromatic rings. The zero-order chi connectivity index (χ0) is 36.4. The first-order valence-corrected chi connectivity index (χ1v) is 18.6. The molecule has 5 atom stereocenters. The summed E-state index contributed by atoms with van der Waals surface area (Å²) in [5.74, 6) is 1.53. The fraction of sp³-hybridized carbons (Fsp3) is 0.475. The predicted molar refractivity (Wildman–Crippen MR) is 197 cm³/mol. The number of carbonyl (C=O) groups is 3. The number of fused-ring (bicyclic) bond motifs is 2. The number of rotatable bonds is 8. The lowest BCUT2D eigenvalue weighted by molar-refractivity contribution is -0.137. The highest BCUT2D eigenvalue weighted by Crippen LogP contribution is 2.37. The molecular formula is C40H49N7O5. The summed E-state index contributed by atoms with van der Waals surface area (Å²) in [5.41, 5.74) is 6.00. The highest BCUT2D eigenvalue weighted by atomic mass is 16.5. The zero-order valence-corrected chi connectivity index (χ0v) is 30.4. The Kier molecular flexibility index (Phi) is 10.4. The first-order valence-electron chi connectivity index (χ1n) is 18.6. The SMILES string of the molecule is COC(=O)N[C@H](C(=O)N1CCC[C@H]1c1ncc(-c2ccc(-c3ccc(-c4cnc([C@@H]5C[C@H]6CN5C(=O)[C@@H](C)CCCCO6)[nH]4)cc3)cc2)[nH]1)C(C)C. The normalized spacial score (nSPS) is 22.8. The van der Waals surface area contributed by atoms with Crippen LogP contribution in [0.1, 0.15) is 83.0 Å². The number of hydrogen-bond donors (Lipinski definition) is 3. The van der Waals surface area contributed by atoms with E-state index in [1.54, 1.807) is 0 Å². The molecule has 5 heterocycles. The molecule has 274 valence electrons. The van der Waals surface area contributed by atoms with Crippen LogP contribution in [0.25, 0.3) is 33.6 Å². The Morgan fingerprint density at radius 1 is 0.865 bits per heavy atom. The van der Waals surface area contributed by atoms with Crippen LogP contribution in [0, 0.1) is 11.8 Å². The highest BCUT2D eigenvalue weighted by molar-refractivity contribution is 5.86. The Morgan fingerprint density at radius 3 is 2.06 bits per heavy atom. The molecule has 52 heavy (non-hydrogen) atoms. The first-order chi connectivity index (χ1) is 25.2. The number of imidazole rings is 2. The van der Waals surface area contributed by atoms with Gasteiger partial charge in [0.2, 0.25) is 11.8 Å². The van der Waals surface area contributed by atoms with E-state index in [0.717, 1.165) is 90.4 Å². The van der Waals surface area contributed by atoms with Crippen molar-refractivity contribution in [3.05, 3.63) is 72.6 Å². The number of hydrogen-bond acceptors (Lipinski definition) is 7. The molecule has 0 unspecified atom stereocenters. The number of ether oxygens (including phenoxy) is 2. The Morgan fingerprint density at radius 2 is 1.46 bits per heavy atom. The van der Waals surface area contributed by atoms with Crippen LogP contribution in [-0.2, 0) is 19.1 Å². The second kappa shape index (κ2) is 15.3. The maximum atomic E-state index is 13.5. The van der Waals surface area contributed by atoms with Crippen LogP contribution in [0.3, 0.4) is 0 Å². The largest absolute Gasteiger partial charge is 0.453 e. The third-order valence-electron chi connectivity index (χ3n) is 10.8. The molecule has 2 aromatic heterocycles. The third kappa shape index (κ3) is 7.34. The number of benzene rings is 2.